The highest BCUT2D eigenvalue weighted by atomic mass is 79.9. The second-order valence-corrected chi connectivity index (χ2v) is 13.3. The van der Waals surface area contributed by atoms with Gasteiger partial charge in [0, 0.05) is 0 Å². The van der Waals surface area contributed by atoms with Crippen molar-refractivity contribution in [2.24, 2.45) is 10.2 Å². The molecule has 0 aliphatic heterocycles. The third-order valence-corrected chi connectivity index (χ3v) is 7.29. The molecule has 42 heavy (non-hydrogen) atoms. The Kier molecular flexibility index (Phi) is 11.5. The van der Waals surface area contributed by atoms with Gasteiger partial charge in [0.2, 0.25) is 0 Å². The van der Waals surface area contributed by atoms with Crippen molar-refractivity contribution >= 4 is 56.1 Å². The second kappa shape index (κ2) is 14.6. The molecule has 2 amide bonds. The summed E-state index contributed by atoms with van der Waals surface area (Å²) in [6, 6.07) is 18.9. The van der Waals surface area contributed by atoms with Crippen molar-refractivity contribution in [1.29, 1.82) is 0 Å². The summed E-state index contributed by atoms with van der Waals surface area (Å²) >= 11 is 7.01. The van der Waals surface area contributed by atoms with Crippen LogP contribution in [-0.4, -0.2) is 37.5 Å². The van der Waals surface area contributed by atoms with Crippen LogP contribution < -0.4 is 20.3 Å². The lowest BCUT2D eigenvalue weighted by molar-refractivity contribution is -0.123. The van der Waals surface area contributed by atoms with Crippen LogP contribution in [0, 0.1) is 0 Å². The minimum absolute atomic E-state index is 0.0155. The molecule has 0 atom stereocenters. The molecule has 0 aliphatic carbocycles. The molecule has 3 aromatic carbocycles. The molecule has 10 heteroatoms. The zero-order valence-corrected chi connectivity index (χ0v) is 27.8. The van der Waals surface area contributed by atoms with E-state index in [1.807, 2.05) is 60.7 Å². The lowest BCUT2D eigenvalue weighted by Crippen LogP contribution is -2.24. The lowest BCUT2D eigenvalue weighted by atomic mass is 9.87. The molecule has 0 fully saturated rings. The molecule has 0 bridgehead atoms. The first-order valence-electron chi connectivity index (χ1n) is 13.3. The highest BCUT2D eigenvalue weighted by molar-refractivity contribution is 9.10. The molecule has 3 rings (SSSR count). The fraction of sp³-hybridized carbons (Fsp3) is 0.312. The Morgan fingerprint density at radius 1 is 0.667 bits per heavy atom. The summed E-state index contributed by atoms with van der Waals surface area (Å²) in [4.78, 5) is 24.3. The highest BCUT2D eigenvalue weighted by Crippen LogP contribution is 2.32. The number of benzene rings is 3. The molecule has 222 valence electrons. The maximum atomic E-state index is 12.1. The van der Waals surface area contributed by atoms with Crippen LogP contribution in [0.5, 0.6) is 11.5 Å². The minimum atomic E-state index is -0.379. The number of hydrogen-bond donors (Lipinski definition) is 2. The van der Waals surface area contributed by atoms with Gasteiger partial charge < -0.3 is 9.47 Å². The first-order valence-corrected chi connectivity index (χ1v) is 14.9. The summed E-state index contributed by atoms with van der Waals surface area (Å²) in [6.07, 6.45) is 3.05. The number of nitrogens with one attached hydrogen (secondary N) is 2. The van der Waals surface area contributed by atoms with Gasteiger partial charge in [-0.15, -0.1) is 0 Å². The maximum Gasteiger partial charge on any atom is 0.277 e. The van der Waals surface area contributed by atoms with E-state index in [1.54, 1.807) is 0 Å². The van der Waals surface area contributed by atoms with Crippen molar-refractivity contribution < 1.29 is 19.1 Å². The number of nitrogens with zero attached hydrogens (tertiary/aromatic N) is 2. The zero-order chi connectivity index (χ0) is 30.9. The third-order valence-electron chi connectivity index (χ3n) is 6.06. The Morgan fingerprint density at radius 3 is 1.33 bits per heavy atom. The standard InChI is InChI=1S/C32H36Br2N4O4/c1-31(2,3)23-11-13-27(25(33)15-23)41-19-29(39)37-35-17-21-7-9-22(10-8-21)18-36-38-30(40)20-42-28-14-12-24(16-26(28)34)32(4,5)6/h7-18H,19-20H2,1-6H3,(H,37,39)(H,38,40). The predicted octanol–water partition coefficient (Wildman–Crippen LogP) is 6.86. The van der Waals surface area contributed by atoms with Crippen LogP contribution in [0.1, 0.15) is 63.8 Å². The van der Waals surface area contributed by atoms with E-state index < -0.39 is 0 Å². The zero-order valence-electron chi connectivity index (χ0n) is 24.6. The number of rotatable bonds is 10. The van der Waals surface area contributed by atoms with Gasteiger partial charge in [-0.1, -0.05) is 77.9 Å². The summed E-state index contributed by atoms with van der Waals surface area (Å²) in [7, 11) is 0. The molecule has 0 radical (unpaired) electrons. The second-order valence-electron chi connectivity index (χ2n) is 11.6. The number of halogens is 2. The van der Waals surface area contributed by atoms with E-state index in [-0.39, 0.29) is 35.9 Å². The number of hydrazone groups is 2. The minimum Gasteiger partial charge on any atom is -0.483 e. The average molecular weight is 700 g/mol. The Balaban J connectivity index is 1.40. The van der Waals surface area contributed by atoms with Crippen LogP contribution in [-0.2, 0) is 20.4 Å². The quantitative estimate of drug-likeness (QED) is 0.178. The predicted molar refractivity (Wildman–Crippen MR) is 175 cm³/mol. The molecule has 3 aromatic rings. The van der Waals surface area contributed by atoms with Crippen LogP contribution in [0.15, 0.2) is 79.8 Å². The number of carbonyl (C=O) groups excluding carboxylic acids is 2. The maximum absolute atomic E-state index is 12.1. The molecule has 0 heterocycles. The van der Waals surface area contributed by atoms with Gasteiger partial charge in [0.1, 0.15) is 11.5 Å². The van der Waals surface area contributed by atoms with Gasteiger partial charge >= 0.3 is 0 Å². The summed E-state index contributed by atoms with van der Waals surface area (Å²) in [5, 5.41) is 7.96. The van der Waals surface area contributed by atoms with Crippen LogP contribution in [0.3, 0.4) is 0 Å². The van der Waals surface area contributed by atoms with Gasteiger partial charge in [-0.3, -0.25) is 9.59 Å². The van der Waals surface area contributed by atoms with Crippen molar-refractivity contribution in [2.45, 2.75) is 52.4 Å². The third kappa shape index (κ3) is 10.4. The summed E-state index contributed by atoms with van der Waals surface area (Å²) in [6.45, 7) is 12.5. The number of ether oxygens (including phenoxy) is 2. The summed E-state index contributed by atoms with van der Waals surface area (Å²) < 4.78 is 12.8. The van der Waals surface area contributed by atoms with Crippen molar-refractivity contribution in [3.63, 3.8) is 0 Å². The van der Waals surface area contributed by atoms with Gasteiger partial charge in [-0.2, -0.15) is 10.2 Å². The fourth-order valence-electron chi connectivity index (χ4n) is 3.55. The van der Waals surface area contributed by atoms with Gasteiger partial charge in [0.25, 0.3) is 11.8 Å². The van der Waals surface area contributed by atoms with E-state index in [2.05, 4.69) is 94.5 Å². The number of amides is 2. The monoisotopic (exact) mass is 698 g/mol. The molecule has 0 unspecified atom stereocenters. The average Bonchev–Trinajstić information content (AvgIpc) is 2.91. The molecule has 0 aliphatic rings. The van der Waals surface area contributed by atoms with E-state index in [0.717, 1.165) is 31.2 Å². The Bertz CT molecular complexity index is 1350. The molecule has 0 aromatic heterocycles. The number of hydrogen-bond acceptors (Lipinski definition) is 6. The van der Waals surface area contributed by atoms with E-state index >= 15 is 0 Å². The largest absolute Gasteiger partial charge is 0.483 e. The van der Waals surface area contributed by atoms with Crippen molar-refractivity contribution in [2.75, 3.05) is 13.2 Å². The molecule has 0 saturated heterocycles. The van der Waals surface area contributed by atoms with Crippen LogP contribution >= 0.6 is 31.9 Å². The Morgan fingerprint density at radius 2 is 1.02 bits per heavy atom. The molecule has 8 nitrogen and oxygen atoms in total. The van der Waals surface area contributed by atoms with Gasteiger partial charge in [-0.05, 0) is 89.2 Å². The molecule has 0 saturated carbocycles. The van der Waals surface area contributed by atoms with Crippen molar-refractivity contribution in [1.82, 2.24) is 10.9 Å². The highest BCUT2D eigenvalue weighted by Gasteiger charge is 2.17. The normalized spacial score (nSPS) is 12.0. The molecule has 0 spiro atoms. The molecular weight excluding hydrogens is 664 g/mol. The molecular formula is C32H36Br2N4O4. The van der Waals surface area contributed by atoms with E-state index in [0.29, 0.717) is 11.5 Å². The van der Waals surface area contributed by atoms with Crippen LogP contribution in [0.25, 0.3) is 0 Å². The number of carbonyl (C=O) groups is 2. The van der Waals surface area contributed by atoms with Gasteiger partial charge in [0.05, 0.1) is 21.4 Å². The Labute approximate surface area is 264 Å². The lowest BCUT2D eigenvalue weighted by Gasteiger charge is -2.20. The first-order chi connectivity index (χ1) is 19.7. The van der Waals surface area contributed by atoms with E-state index in [4.69, 9.17) is 9.47 Å². The Hall–Kier alpha value is -3.50. The van der Waals surface area contributed by atoms with Crippen LogP contribution in [0.4, 0.5) is 0 Å². The first kappa shape index (κ1) is 33.0. The van der Waals surface area contributed by atoms with Gasteiger partial charge in [0.15, 0.2) is 13.2 Å². The smallest absolute Gasteiger partial charge is 0.277 e. The summed E-state index contributed by atoms with van der Waals surface area (Å²) in [5.41, 5.74) is 8.81. The van der Waals surface area contributed by atoms with Crippen molar-refractivity contribution in [3.05, 3.63) is 91.9 Å². The SMILES string of the molecule is CC(C)(C)c1ccc(OCC(=O)NN=Cc2ccc(C=NNC(=O)COc3ccc(C(C)(C)C)cc3Br)cc2)c(Br)c1. The molecule has 2 N–H and O–H groups in total. The van der Waals surface area contributed by atoms with E-state index in [9.17, 15) is 9.59 Å². The van der Waals surface area contributed by atoms with Crippen LogP contribution in [0.2, 0.25) is 0 Å². The topological polar surface area (TPSA) is 101 Å². The fourth-order valence-corrected chi connectivity index (χ4v) is 4.53. The van der Waals surface area contributed by atoms with Crippen molar-refractivity contribution in [3.8, 4) is 11.5 Å². The summed E-state index contributed by atoms with van der Waals surface area (Å²) in [5.74, 6) is 0.413. The van der Waals surface area contributed by atoms with E-state index in [1.165, 1.54) is 12.4 Å². The van der Waals surface area contributed by atoms with Gasteiger partial charge in [-0.25, -0.2) is 10.9 Å².